The highest BCUT2D eigenvalue weighted by Gasteiger charge is 2.09. The number of nitrogens with zero attached hydrogens (tertiary/aromatic N) is 2. The van der Waals surface area contributed by atoms with E-state index in [0.717, 1.165) is 22.6 Å². The van der Waals surface area contributed by atoms with Crippen LogP contribution in [0.4, 0.5) is 5.13 Å². The summed E-state index contributed by atoms with van der Waals surface area (Å²) >= 11 is 1.48. The van der Waals surface area contributed by atoms with Crippen LogP contribution < -0.4 is 19.6 Å². The van der Waals surface area contributed by atoms with Gasteiger partial charge in [0.25, 0.3) is 0 Å². The quantitative estimate of drug-likeness (QED) is 0.452. The highest BCUT2D eigenvalue weighted by Crippen LogP contribution is 2.30. The van der Waals surface area contributed by atoms with E-state index in [0.29, 0.717) is 23.2 Å². The number of aromatic nitrogens is 1. The summed E-state index contributed by atoms with van der Waals surface area (Å²) in [5.74, 6) is 2.15. The largest absolute Gasteiger partial charge is 0.497 e. The number of ether oxygens (including phenoxy) is 3. The molecule has 0 saturated carbocycles. The van der Waals surface area contributed by atoms with Gasteiger partial charge in [0.05, 0.1) is 32.7 Å². The van der Waals surface area contributed by atoms with Crippen molar-refractivity contribution in [2.45, 2.75) is 6.92 Å². The summed E-state index contributed by atoms with van der Waals surface area (Å²) in [4.78, 5) is 4.56. The van der Waals surface area contributed by atoms with Crippen molar-refractivity contribution in [3.63, 3.8) is 0 Å². The fourth-order valence-electron chi connectivity index (χ4n) is 2.49. The minimum Gasteiger partial charge on any atom is -0.497 e. The molecule has 1 N–H and O–H groups in total. The molecule has 0 fully saturated rings. The molecule has 0 spiro atoms. The topological polar surface area (TPSA) is 65.0 Å². The van der Waals surface area contributed by atoms with Crippen molar-refractivity contribution in [3.05, 3.63) is 53.4 Å². The summed E-state index contributed by atoms with van der Waals surface area (Å²) in [5.41, 5.74) is 5.66. The van der Waals surface area contributed by atoms with Crippen LogP contribution in [0.3, 0.4) is 0 Å². The number of nitrogens with one attached hydrogen (secondary N) is 1. The maximum atomic E-state index is 5.68. The summed E-state index contributed by atoms with van der Waals surface area (Å²) in [7, 11) is 3.27. The summed E-state index contributed by atoms with van der Waals surface area (Å²) in [6, 6.07) is 13.5. The van der Waals surface area contributed by atoms with Crippen LogP contribution in [0.15, 0.2) is 52.9 Å². The van der Waals surface area contributed by atoms with Gasteiger partial charge in [-0.2, -0.15) is 5.10 Å². The molecular formula is C20H21N3O3S. The molecule has 1 heterocycles. The van der Waals surface area contributed by atoms with E-state index in [9.17, 15) is 0 Å². The molecule has 3 rings (SSSR count). The first-order chi connectivity index (χ1) is 13.2. The zero-order chi connectivity index (χ0) is 19.1. The molecule has 0 atom stereocenters. The molecule has 140 valence electrons. The summed E-state index contributed by atoms with van der Waals surface area (Å²) < 4.78 is 16.3. The smallest absolute Gasteiger partial charge is 0.203 e. The Balaban J connectivity index is 1.73. The normalized spacial score (nSPS) is 10.8. The van der Waals surface area contributed by atoms with E-state index in [1.54, 1.807) is 20.4 Å². The first-order valence-corrected chi connectivity index (χ1v) is 9.32. The minimum atomic E-state index is 0.547. The van der Waals surface area contributed by atoms with Gasteiger partial charge < -0.3 is 14.2 Å². The van der Waals surface area contributed by atoms with E-state index in [2.05, 4.69) is 15.5 Å². The van der Waals surface area contributed by atoms with Gasteiger partial charge in [0.15, 0.2) is 11.5 Å². The third-order valence-corrected chi connectivity index (χ3v) is 4.50. The highest BCUT2D eigenvalue weighted by molar-refractivity contribution is 7.14. The van der Waals surface area contributed by atoms with Crippen LogP contribution in [-0.2, 0) is 0 Å². The number of rotatable bonds is 8. The molecule has 0 amide bonds. The lowest BCUT2D eigenvalue weighted by molar-refractivity contribution is 0.310. The van der Waals surface area contributed by atoms with E-state index in [4.69, 9.17) is 14.2 Å². The van der Waals surface area contributed by atoms with E-state index >= 15 is 0 Å². The lowest BCUT2D eigenvalue weighted by Gasteiger charge is -2.11. The second kappa shape index (κ2) is 9.05. The number of hydrazone groups is 1. The van der Waals surface area contributed by atoms with Crippen LogP contribution in [0, 0.1) is 0 Å². The molecule has 0 aliphatic rings. The van der Waals surface area contributed by atoms with Crippen molar-refractivity contribution >= 4 is 22.7 Å². The van der Waals surface area contributed by atoms with Crippen LogP contribution in [0.1, 0.15) is 12.5 Å². The molecule has 7 heteroatoms. The van der Waals surface area contributed by atoms with E-state index in [-0.39, 0.29) is 0 Å². The number of thiazole rings is 1. The Hall–Kier alpha value is -3.06. The fourth-order valence-corrected chi connectivity index (χ4v) is 3.16. The third-order valence-electron chi connectivity index (χ3n) is 3.75. The first-order valence-electron chi connectivity index (χ1n) is 8.44. The van der Waals surface area contributed by atoms with Crippen molar-refractivity contribution in [3.8, 4) is 28.5 Å². The van der Waals surface area contributed by atoms with Crippen LogP contribution in [-0.4, -0.2) is 32.0 Å². The molecule has 0 radical (unpaired) electrons. The average molecular weight is 383 g/mol. The average Bonchev–Trinajstić information content (AvgIpc) is 3.18. The van der Waals surface area contributed by atoms with Crippen LogP contribution in [0.25, 0.3) is 11.3 Å². The van der Waals surface area contributed by atoms with Gasteiger partial charge in [-0.25, -0.2) is 4.98 Å². The molecule has 1 aromatic heterocycles. The van der Waals surface area contributed by atoms with Crippen molar-refractivity contribution in [2.24, 2.45) is 5.10 Å². The zero-order valence-corrected chi connectivity index (χ0v) is 16.2. The molecule has 27 heavy (non-hydrogen) atoms. The third kappa shape index (κ3) is 4.57. The zero-order valence-electron chi connectivity index (χ0n) is 15.4. The standard InChI is InChI=1S/C20H21N3O3S/c1-4-26-19-15(8-6-10-18(19)25-3)12-21-23-20-22-17(13-27-20)14-7-5-9-16(11-14)24-2/h5-13H,4H2,1-3H3,(H,22,23)/b21-12-. The summed E-state index contributed by atoms with van der Waals surface area (Å²) in [6.45, 7) is 2.48. The second-order valence-electron chi connectivity index (χ2n) is 5.45. The molecule has 0 aliphatic heterocycles. The Bertz CT molecular complexity index is 924. The van der Waals surface area contributed by atoms with Crippen LogP contribution >= 0.6 is 11.3 Å². The Morgan fingerprint density at radius 2 is 2.00 bits per heavy atom. The van der Waals surface area contributed by atoms with Crippen LogP contribution in [0.5, 0.6) is 17.2 Å². The number of benzene rings is 2. The maximum absolute atomic E-state index is 5.68. The van der Waals surface area contributed by atoms with E-state index < -0.39 is 0 Å². The van der Waals surface area contributed by atoms with Gasteiger partial charge >= 0.3 is 0 Å². The Labute approximate surface area is 162 Å². The van der Waals surface area contributed by atoms with Gasteiger partial charge in [0.1, 0.15) is 5.75 Å². The second-order valence-corrected chi connectivity index (χ2v) is 6.31. The number of anilines is 1. The van der Waals surface area contributed by atoms with Crippen molar-refractivity contribution in [1.82, 2.24) is 4.98 Å². The Kier molecular flexibility index (Phi) is 6.27. The first kappa shape index (κ1) is 18.7. The number of hydrogen-bond acceptors (Lipinski definition) is 7. The van der Waals surface area contributed by atoms with Gasteiger partial charge in [-0.1, -0.05) is 18.2 Å². The predicted octanol–water partition coefficient (Wildman–Crippen LogP) is 4.67. The molecule has 0 bridgehead atoms. The lowest BCUT2D eigenvalue weighted by Crippen LogP contribution is -2.00. The van der Waals surface area contributed by atoms with E-state index in [1.165, 1.54) is 11.3 Å². The van der Waals surface area contributed by atoms with Gasteiger partial charge in [-0.15, -0.1) is 11.3 Å². The monoisotopic (exact) mass is 383 g/mol. The van der Waals surface area contributed by atoms with Crippen molar-refractivity contribution in [1.29, 1.82) is 0 Å². The molecular weight excluding hydrogens is 362 g/mol. The lowest BCUT2D eigenvalue weighted by atomic mass is 10.2. The van der Waals surface area contributed by atoms with Crippen molar-refractivity contribution in [2.75, 3.05) is 26.3 Å². The number of methoxy groups -OCH3 is 2. The fraction of sp³-hybridized carbons (Fsp3) is 0.200. The van der Waals surface area contributed by atoms with Gasteiger partial charge in [-0.05, 0) is 31.2 Å². The SMILES string of the molecule is CCOc1c(/C=N\Nc2nc(-c3cccc(OC)c3)cs2)cccc1OC. The summed E-state index contributed by atoms with van der Waals surface area (Å²) in [5, 5.41) is 6.96. The number of hydrogen-bond donors (Lipinski definition) is 1. The number of para-hydroxylation sites is 1. The van der Waals surface area contributed by atoms with Crippen molar-refractivity contribution < 1.29 is 14.2 Å². The molecule has 0 aliphatic carbocycles. The maximum Gasteiger partial charge on any atom is 0.203 e. The minimum absolute atomic E-state index is 0.547. The van der Waals surface area contributed by atoms with Gasteiger partial charge in [0, 0.05) is 16.5 Å². The van der Waals surface area contributed by atoms with E-state index in [1.807, 2.05) is 54.8 Å². The Morgan fingerprint density at radius 3 is 2.78 bits per heavy atom. The van der Waals surface area contributed by atoms with Crippen LogP contribution in [0.2, 0.25) is 0 Å². The van der Waals surface area contributed by atoms with Gasteiger partial charge in [0.2, 0.25) is 5.13 Å². The summed E-state index contributed by atoms with van der Waals surface area (Å²) in [6.07, 6.45) is 1.69. The molecule has 0 saturated heterocycles. The molecule has 0 unspecified atom stereocenters. The van der Waals surface area contributed by atoms with Gasteiger partial charge in [-0.3, -0.25) is 5.43 Å². The predicted molar refractivity (Wildman–Crippen MR) is 109 cm³/mol. The highest BCUT2D eigenvalue weighted by atomic mass is 32.1. The molecule has 3 aromatic rings. The Morgan fingerprint density at radius 1 is 1.15 bits per heavy atom. The molecule has 6 nitrogen and oxygen atoms in total. The molecule has 2 aromatic carbocycles.